The summed E-state index contributed by atoms with van der Waals surface area (Å²) in [6.07, 6.45) is 0. The smallest absolute Gasteiger partial charge is 0.166 e. The summed E-state index contributed by atoms with van der Waals surface area (Å²) in [7, 11) is 0. The van der Waals surface area contributed by atoms with Crippen LogP contribution < -0.4 is 0 Å². The summed E-state index contributed by atoms with van der Waals surface area (Å²) in [6.45, 7) is 0. The Balaban J connectivity index is 1.20. The number of fused-ring (bicyclic) bond motifs is 6. The standard InChI is InChI=1S/C45H28N4O/c1-4-14-29(15-5-1)33-21-12-23-37-35-27-26-31(28-40(35)50-42(33)37)44-46-43(30-16-6-2-7-17-30)47-45(48-44)38-24-13-22-36-34-20-10-11-25-39(34)49(41(36)38)32-18-8-3-9-19-32/h1-28H/i1D,4D,5D,14D,15D. The van der Waals surface area contributed by atoms with E-state index in [-0.39, 0.29) is 17.6 Å². The molecule has 0 aliphatic heterocycles. The van der Waals surface area contributed by atoms with E-state index in [1.54, 1.807) is 12.1 Å². The van der Waals surface area contributed by atoms with E-state index >= 15 is 0 Å². The summed E-state index contributed by atoms with van der Waals surface area (Å²) >= 11 is 0. The predicted molar refractivity (Wildman–Crippen MR) is 203 cm³/mol. The fourth-order valence-corrected chi connectivity index (χ4v) is 6.91. The molecule has 0 aliphatic rings. The maximum absolute atomic E-state index is 8.62. The molecule has 0 spiro atoms. The van der Waals surface area contributed by atoms with E-state index in [1.807, 2.05) is 78.9 Å². The van der Waals surface area contributed by atoms with Crippen LogP contribution in [0.5, 0.6) is 0 Å². The summed E-state index contributed by atoms with van der Waals surface area (Å²) < 4.78 is 50.6. The van der Waals surface area contributed by atoms with Crippen molar-refractivity contribution in [1.82, 2.24) is 19.5 Å². The molecule has 10 rings (SSSR count). The lowest BCUT2D eigenvalue weighted by molar-refractivity contribution is 0.670. The van der Waals surface area contributed by atoms with Gasteiger partial charge in [-0.1, -0.05) is 133 Å². The van der Waals surface area contributed by atoms with E-state index in [9.17, 15) is 0 Å². The fourth-order valence-electron chi connectivity index (χ4n) is 6.91. The van der Waals surface area contributed by atoms with Gasteiger partial charge in [-0.25, -0.2) is 15.0 Å². The van der Waals surface area contributed by atoms with Gasteiger partial charge in [0.15, 0.2) is 17.5 Å². The third kappa shape index (κ3) is 4.52. The van der Waals surface area contributed by atoms with Gasteiger partial charge in [0.1, 0.15) is 11.2 Å². The zero-order chi connectivity index (χ0) is 37.4. The Morgan fingerprint density at radius 2 is 1.14 bits per heavy atom. The average Bonchev–Trinajstić information content (AvgIpc) is 3.79. The minimum absolute atomic E-state index is 0.0904. The number of hydrogen-bond acceptors (Lipinski definition) is 4. The van der Waals surface area contributed by atoms with Crippen LogP contribution in [0, 0.1) is 0 Å². The third-order valence-electron chi connectivity index (χ3n) is 9.14. The number of para-hydroxylation sites is 4. The molecule has 0 atom stereocenters. The lowest BCUT2D eigenvalue weighted by atomic mass is 10.0. The molecule has 7 aromatic carbocycles. The summed E-state index contributed by atoms with van der Waals surface area (Å²) in [5.74, 6) is 1.49. The van der Waals surface area contributed by atoms with E-state index in [2.05, 4.69) is 53.1 Å². The van der Waals surface area contributed by atoms with E-state index in [1.165, 1.54) is 0 Å². The summed E-state index contributed by atoms with van der Waals surface area (Å²) in [4.78, 5) is 15.2. The molecule has 0 amide bonds. The van der Waals surface area contributed by atoms with Crippen molar-refractivity contribution in [3.8, 4) is 51.0 Å². The Hall–Kier alpha value is -6.85. The van der Waals surface area contributed by atoms with Gasteiger partial charge in [0, 0.05) is 49.5 Å². The van der Waals surface area contributed by atoms with E-state index in [4.69, 9.17) is 26.2 Å². The summed E-state index contributed by atoms with van der Waals surface area (Å²) in [6, 6.07) is 44.1. The highest BCUT2D eigenvalue weighted by atomic mass is 16.3. The quantitative estimate of drug-likeness (QED) is 0.187. The fraction of sp³-hybridized carbons (Fsp3) is 0. The van der Waals surface area contributed by atoms with Gasteiger partial charge < -0.3 is 8.98 Å². The molecule has 234 valence electrons. The predicted octanol–water partition coefficient (Wildman–Crippen LogP) is 11.5. The van der Waals surface area contributed by atoms with Crippen LogP contribution in [0.2, 0.25) is 0 Å². The van der Waals surface area contributed by atoms with Gasteiger partial charge in [-0.3, -0.25) is 0 Å². The van der Waals surface area contributed by atoms with Crippen molar-refractivity contribution in [1.29, 1.82) is 0 Å². The molecule has 0 saturated carbocycles. The molecule has 50 heavy (non-hydrogen) atoms. The van der Waals surface area contributed by atoms with Crippen molar-refractivity contribution in [2.24, 2.45) is 0 Å². The molecule has 0 unspecified atom stereocenters. The summed E-state index contributed by atoms with van der Waals surface area (Å²) in [5, 5.41) is 3.77. The molecule has 0 radical (unpaired) electrons. The highest BCUT2D eigenvalue weighted by Gasteiger charge is 2.20. The molecule has 5 heteroatoms. The van der Waals surface area contributed by atoms with Crippen LogP contribution in [-0.4, -0.2) is 19.5 Å². The number of hydrogen-bond donors (Lipinski definition) is 0. The molecule has 5 nitrogen and oxygen atoms in total. The first-order valence-corrected chi connectivity index (χ1v) is 16.3. The molecular formula is C45H28N4O. The molecule has 0 saturated heterocycles. The normalized spacial score (nSPS) is 13.0. The van der Waals surface area contributed by atoms with Crippen LogP contribution in [0.1, 0.15) is 6.85 Å². The van der Waals surface area contributed by atoms with Gasteiger partial charge in [-0.15, -0.1) is 0 Å². The van der Waals surface area contributed by atoms with Crippen molar-refractivity contribution in [2.45, 2.75) is 0 Å². The third-order valence-corrected chi connectivity index (χ3v) is 9.14. The number of benzene rings is 7. The van der Waals surface area contributed by atoms with Gasteiger partial charge in [-0.05, 0) is 42.0 Å². The first-order chi connectivity index (χ1) is 26.9. The molecule has 0 fully saturated rings. The van der Waals surface area contributed by atoms with Crippen molar-refractivity contribution in [3.63, 3.8) is 0 Å². The first-order valence-electron chi connectivity index (χ1n) is 18.8. The minimum Gasteiger partial charge on any atom is -0.455 e. The number of furan rings is 1. The molecule has 10 aromatic rings. The van der Waals surface area contributed by atoms with E-state index in [0.717, 1.165) is 49.4 Å². The Labute approximate surface area is 294 Å². The monoisotopic (exact) mass is 645 g/mol. The zero-order valence-corrected chi connectivity index (χ0v) is 26.5. The van der Waals surface area contributed by atoms with Gasteiger partial charge in [-0.2, -0.15) is 0 Å². The van der Waals surface area contributed by atoms with Gasteiger partial charge >= 0.3 is 0 Å². The van der Waals surface area contributed by atoms with Crippen molar-refractivity contribution in [2.75, 3.05) is 0 Å². The summed E-state index contributed by atoms with van der Waals surface area (Å²) in [5.41, 5.74) is 6.96. The van der Waals surface area contributed by atoms with Crippen LogP contribution in [0.15, 0.2) is 174 Å². The number of rotatable bonds is 5. The van der Waals surface area contributed by atoms with Crippen LogP contribution >= 0.6 is 0 Å². The lowest BCUT2D eigenvalue weighted by Gasteiger charge is -2.12. The second-order valence-electron chi connectivity index (χ2n) is 12.1. The second kappa shape index (κ2) is 11.4. The molecule has 0 bridgehead atoms. The largest absolute Gasteiger partial charge is 0.455 e. The van der Waals surface area contributed by atoms with Gasteiger partial charge in [0.25, 0.3) is 0 Å². The topological polar surface area (TPSA) is 56.7 Å². The molecule has 0 N–H and O–H groups in total. The SMILES string of the molecule is [2H]c1c([2H])c([2H])c(-c2cccc3c2oc2cc(-c4nc(-c5ccccc5)nc(-c5cccc6c7ccccc7n(-c7ccccc7)c56)n4)ccc23)c([2H])c1[2H]. The van der Waals surface area contributed by atoms with Gasteiger partial charge in [0.05, 0.1) is 17.9 Å². The molecule has 3 aromatic heterocycles. The van der Waals surface area contributed by atoms with Crippen molar-refractivity contribution < 1.29 is 11.3 Å². The zero-order valence-electron chi connectivity index (χ0n) is 31.5. The Morgan fingerprint density at radius 3 is 1.96 bits per heavy atom. The minimum atomic E-state index is -0.440. The number of nitrogens with zero attached hydrogens (tertiary/aromatic N) is 4. The molecular weight excluding hydrogens is 613 g/mol. The highest BCUT2D eigenvalue weighted by molar-refractivity contribution is 6.13. The second-order valence-corrected chi connectivity index (χ2v) is 12.1. The van der Waals surface area contributed by atoms with E-state index < -0.39 is 18.1 Å². The number of aromatic nitrogens is 4. The molecule has 0 aliphatic carbocycles. The maximum Gasteiger partial charge on any atom is 0.166 e. The maximum atomic E-state index is 8.62. The van der Waals surface area contributed by atoms with Gasteiger partial charge in [0.2, 0.25) is 0 Å². The average molecular weight is 646 g/mol. The van der Waals surface area contributed by atoms with Crippen LogP contribution in [-0.2, 0) is 0 Å². The van der Waals surface area contributed by atoms with Crippen molar-refractivity contribution >= 4 is 43.7 Å². The van der Waals surface area contributed by atoms with Crippen molar-refractivity contribution in [3.05, 3.63) is 170 Å². The first kappa shape index (κ1) is 23.5. The Morgan fingerprint density at radius 1 is 0.480 bits per heavy atom. The van der Waals surface area contributed by atoms with E-state index in [0.29, 0.717) is 39.8 Å². The van der Waals surface area contributed by atoms with Crippen LogP contribution in [0.3, 0.4) is 0 Å². The highest BCUT2D eigenvalue weighted by Crippen LogP contribution is 2.40. The molecule has 3 heterocycles. The Bertz CT molecular complexity index is 3130. The lowest BCUT2D eigenvalue weighted by Crippen LogP contribution is -2.02. The van der Waals surface area contributed by atoms with Crippen LogP contribution in [0.25, 0.3) is 94.7 Å². The Kier molecular flexibility index (Phi) is 5.35. The van der Waals surface area contributed by atoms with Crippen LogP contribution in [0.4, 0.5) is 0 Å².